The molecule has 0 bridgehead atoms. The number of carboxylic acids is 1. The molecule has 0 aliphatic carbocycles. The zero-order valence-corrected chi connectivity index (χ0v) is 11.4. The topological polar surface area (TPSA) is 60.9 Å². The van der Waals surface area contributed by atoms with Crippen LogP contribution in [0.1, 0.15) is 12.8 Å². The molecule has 1 rings (SSSR count). The predicted molar refractivity (Wildman–Crippen MR) is 74.2 cm³/mol. The quantitative estimate of drug-likeness (QED) is 0.809. The number of hydrogen-bond donors (Lipinski definition) is 1. The van der Waals surface area contributed by atoms with Crippen LogP contribution in [0.3, 0.4) is 0 Å². The number of hydrogen-bond acceptors (Lipinski definition) is 3. The first-order valence-corrected chi connectivity index (χ1v) is 6.22. The Morgan fingerprint density at radius 1 is 1.16 bits per heavy atom. The Balaban J connectivity index is 2.56. The van der Waals surface area contributed by atoms with Crippen molar-refractivity contribution in [2.45, 2.75) is 12.8 Å². The molecule has 5 heteroatoms. The van der Waals surface area contributed by atoms with E-state index < -0.39 is 5.97 Å². The third kappa shape index (κ3) is 5.42. The third-order valence-electron chi connectivity index (χ3n) is 2.76. The summed E-state index contributed by atoms with van der Waals surface area (Å²) in [7, 11) is 3.43. The zero-order chi connectivity index (χ0) is 14.3. The van der Waals surface area contributed by atoms with Crippen molar-refractivity contribution in [3.05, 3.63) is 30.3 Å². The fraction of sp³-hybridized carbons (Fsp3) is 0.429. The second kappa shape index (κ2) is 7.41. The first-order chi connectivity index (χ1) is 9.00. The second-order valence-corrected chi connectivity index (χ2v) is 4.54. The number of carboxylic acid groups (broad SMARTS) is 1. The van der Waals surface area contributed by atoms with Crippen LogP contribution in [0.15, 0.2) is 30.3 Å². The molecule has 1 aromatic rings. The van der Waals surface area contributed by atoms with Gasteiger partial charge in [0.15, 0.2) is 0 Å². The molecule has 0 atom stereocenters. The molecule has 0 radical (unpaired) electrons. The van der Waals surface area contributed by atoms with Crippen molar-refractivity contribution < 1.29 is 14.7 Å². The van der Waals surface area contributed by atoms with Gasteiger partial charge in [0.05, 0.1) is 0 Å². The van der Waals surface area contributed by atoms with Gasteiger partial charge < -0.3 is 14.9 Å². The minimum atomic E-state index is -0.872. The number of carbonyl (C=O) groups excluding carboxylic acids is 1. The highest BCUT2D eigenvalue weighted by molar-refractivity contribution is 5.76. The minimum absolute atomic E-state index is 0.0554. The second-order valence-electron chi connectivity index (χ2n) is 4.54. The maximum absolute atomic E-state index is 11.5. The first kappa shape index (κ1) is 15.0. The van der Waals surface area contributed by atoms with Gasteiger partial charge in [-0.1, -0.05) is 18.2 Å². The Morgan fingerprint density at radius 2 is 1.79 bits per heavy atom. The van der Waals surface area contributed by atoms with Gasteiger partial charge in [-0.25, -0.2) is 0 Å². The Kier molecular flexibility index (Phi) is 5.85. The molecule has 0 aromatic heterocycles. The van der Waals surface area contributed by atoms with E-state index in [-0.39, 0.29) is 12.5 Å². The number of nitrogens with zero attached hydrogens (tertiary/aromatic N) is 2. The molecule has 0 spiro atoms. The molecule has 1 amide bonds. The molecule has 0 aliphatic rings. The average molecular weight is 264 g/mol. The molecule has 104 valence electrons. The fourth-order valence-corrected chi connectivity index (χ4v) is 1.75. The van der Waals surface area contributed by atoms with E-state index in [1.54, 1.807) is 23.9 Å². The molecule has 0 fully saturated rings. The molecule has 19 heavy (non-hydrogen) atoms. The molecule has 0 saturated carbocycles. The van der Waals surface area contributed by atoms with E-state index in [4.69, 9.17) is 5.11 Å². The molecule has 5 nitrogen and oxygen atoms in total. The lowest BCUT2D eigenvalue weighted by Crippen LogP contribution is -2.31. The van der Waals surface area contributed by atoms with Crippen LogP contribution in [0.4, 0.5) is 5.69 Å². The predicted octanol–water partition coefficient (Wildman–Crippen LogP) is 1.45. The van der Waals surface area contributed by atoms with Crippen molar-refractivity contribution in [2.24, 2.45) is 0 Å². The monoisotopic (exact) mass is 264 g/mol. The highest BCUT2D eigenvalue weighted by Gasteiger charge is 2.11. The molecular formula is C14H20N2O3. The summed E-state index contributed by atoms with van der Waals surface area (Å²) in [5.41, 5.74) is 0.863. The smallest absolute Gasteiger partial charge is 0.323 e. The molecule has 1 aromatic carbocycles. The van der Waals surface area contributed by atoms with Gasteiger partial charge in [-0.05, 0) is 18.6 Å². The summed E-state index contributed by atoms with van der Waals surface area (Å²) < 4.78 is 0. The van der Waals surface area contributed by atoms with Gasteiger partial charge in [-0.2, -0.15) is 0 Å². The van der Waals surface area contributed by atoms with Crippen molar-refractivity contribution in [3.8, 4) is 0 Å². The minimum Gasteiger partial charge on any atom is -0.480 e. The standard InChI is InChI=1S/C14H20N2O3/c1-15(2)13(17)9-6-10-16(11-14(18)19)12-7-4-3-5-8-12/h3-5,7-8H,6,9-11H2,1-2H3,(H,18,19). The van der Waals surface area contributed by atoms with Crippen LogP contribution < -0.4 is 4.90 Å². The van der Waals surface area contributed by atoms with Crippen molar-refractivity contribution in [3.63, 3.8) is 0 Å². The summed E-state index contributed by atoms with van der Waals surface area (Å²) in [6.45, 7) is 0.496. The van der Waals surface area contributed by atoms with Gasteiger partial charge in [0.25, 0.3) is 0 Å². The fourth-order valence-electron chi connectivity index (χ4n) is 1.75. The van der Waals surface area contributed by atoms with E-state index in [2.05, 4.69) is 0 Å². The summed E-state index contributed by atoms with van der Waals surface area (Å²) in [6, 6.07) is 9.37. The third-order valence-corrected chi connectivity index (χ3v) is 2.76. The van der Waals surface area contributed by atoms with Crippen molar-refractivity contribution >= 4 is 17.6 Å². The van der Waals surface area contributed by atoms with Crippen LogP contribution in [0.2, 0.25) is 0 Å². The van der Waals surface area contributed by atoms with Gasteiger partial charge in [-0.15, -0.1) is 0 Å². The maximum Gasteiger partial charge on any atom is 0.323 e. The van der Waals surface area contributed by atoms with Crippen molar-refractivity contribution in [2.75, 3.05) is 32.1 Å². The summed E-state index contributed by atoms with van der Waals surface area (Å²) in [5, 5.41) is 8.93. The first-order valence-electron chi connectivity index (χ1n) is 6.22. The van der Waals surface area contributed by atoms with E-state index in [1.165, 1.54) is 0 Å². The van der Waals surface area contributed by atoms with E-state index in [0.29, 0.717) is 19.4 Å². The maximum atomic E-state index is 11.5. The normalized spacial score (nSPS) is 10.0. The Morgan fingerprint density at radius 3 is 2.32 bits per heavy atom. The molecule has 0 unspecified atom stereocenters. The zero-order valence-electron chi connectivity index (χ0n) is 11.4. The Labute approximate surface area is 113 Å². The van der Waals surface area contributed by atoms with E-state index in [9.17, 15) is 9.59 Å². The Bertz CT molecular complexity index is 418. The number of para-hydroxylation sites is 1. The number of benzene rings is 1. The number of aliphatic carboxylic acids is 1. The van der Waals surface area contributed by atoms with Gasteiger partial charge >= 0.3 is 5.97 Å². The summed E-state index contributed by atoms with van der Waals surface area (Å²) in [6.07, 6.45) is 1.06. The van der Waals surface area contributed by atoms with E-state index in [1.807, 2.05) is 30.3 Å². The largest absolute Gasteiger partial charge is 0.480 e. The molecule has 0 aliphatic heterocycles. The summed E-state index contributed by atoms with van der Waals surface area (Å²) >= 11 is 0. The molecule has 0 saturated heterocycles. The van der Waals surface area contributed by atoms with Gasteiger partial charge in [-0.3, -0.25) is 9.59 Å². The van der Waals surface area contributed by atoms with Crippen LogP contribution >= 0.6 is 0 Å². The van der Waals surface area contributed by atoms with Crippen LogP contribution in [0.25, 0.3) is 0 Å². The summed E-state index contributed by atoms with van der Waals surface area (Å²) in [4.78, 5) is 25.7. The Hall–Kier alpha value is -2.04. The SMILES string of the molecule is CN(C)C(=O)CCCN(CC(=O)O)c1ccccc1. The van der Waals surface area contributed by atoms with E-state index in [0.717, 1.165) is 5.69 Å². The summed E-state index contributed by atoms with van der Waals surface area (Å²) in [5.74, 6) is -0.814. The highest BCUT2D eigenvalue weighted by Crippen LogP contribution is 2.13. The highest BCUT2D eigenvalue weighted by atomic mass is 16.4. The molecule has 1 N–H and O–H groups in total. The van der Waals surface area contributed by atoms with E-state index >= 15 is 0 Å². The van der Waals surface area contributed by atoms with Gasteiger partial charge in [0.1, 0.15) is 6.54 Å². The van der Waals surface area contributed by atoms with Crippen LogP contribution in [0.5, 0.6) is 0 Å². The number of rotatable bonds is 7. The van der Waals surface area contributed by atoms with Crippen molar-refractivity contribution in [1.82, 2.24) is 4.90 Å². The van der Waals surface area contributed by atoms with Crippen LogP contribution in [-0.2, 0) is 9.59 Å². The lowest BCUT2D eigenvalue weighted by Gasteiger charge is -2.23. The number of anilines is 1. The number of carbonyl (C=O) groups is 2. The molecular weight excluding hydrogens is 244 g/mol. The van der Waals surface area contributed by atoms with Crippen LogP contribution in [-0.4, -0.2) is 49.1 Å². The average Bonchev–Trinajstić information content (AvgIpc) is 2.37. The van der Waals surface area contributed by atoms with Crippen LogP contribution in [0, 0.1) is 0 Å². The number of amides is 1. The lowest BCUT2D eigenvalue weighted by molar-refractivity contribution is -0.135. The van der Waals surface area contributed by atoms with Crippen molar-refractivity contribution in [1.29, 1.82) is 0 Å². The van der Waals surface area contributed by atoms with Gasteiger partial charge in [0.2, 0.25) is 5.91 Å². The lowest BCUT2D eigenvalue weighted by atomic mass is 10.2. The molecule has 0 heterocycles. The van der Waals surface area contributed by atoms with Gasteiger partial charge in [0, 0.05) is 32.7 Å².